The van der Waals surface area contributed by atoms with Gasteiger partial charge in [0.15, 0.2) is 0 Å². The molecule has 0 spiro atoms. The van der Waals surface area contributed by atoms with Gasteiger partial charge in [0.2, 0.25) is 0 Å². The van der Waals surface area contributed by atoms with Gasteiger partial charge < -0.3 is 0 Å². The molecule has 0 saturated heterocycles. The minimum absolute atomic E-state index is 0.718. The van der Waals surface area contributed by atoms with Crippen LogP contribution < -0.4 is 0 Å². The van der Waals surface area contributed by atoms with Crippen LogP contribution in [-0.4, -0.2) is 13.6 Å². The van der Waals surface area contributed by atoms with Crippen molar-refractivity contribution in [3.8, 4) is 0 Å². The molecule has 1 aliphatic rings. The molecule has 0 radical (unpaired) electrons. The average molecular weight is 275 g/mol. The molecule has 0 bridgehead atoms. The van der Waals surface area contributed by atoms with Crippen molar-refractivity contribution < 1.29 is 0 Å². The van der Waals surface area contributed by atoms with Crippen molar-refractivity contribution in [1.82, 2.24) is 8.75 Å². The van der Waals surface area contributed by atoms with Crippen LogP contribution in [-0.2, 0) is 6.42 Å². The van der Waals surface area contributed by atoms with Gasteiger partial charge in [0.1, 0.15) is 0 Å². The van der Waals surface area contributed by atoms with E-state index in [-0.39, 0.29) is 0 Å². The molecule has 1 fully saturated rings. The molecule has 1 aromatic rings. The highest BCUT2D eigenvalue weighted by molar-refractivity contribution is 9.09. The summed E-state index contributed by atoms with van der Waals surface area (Å²) in [4.78, 5) is 0.718. The number of hydrogen-bond acceptors (Lipinski definition) is 3. The highest BCUT2D eigenvalue weighted by Gasteiger charge is 2.26. The molecule has 14 heavy (non-hydrogen) atoms. The van der Waals surface area contributed by atoms with Crippen molar-refractivity contribution in [2.45, 2.75) is 37.4 Å². The Hall–Kier alpha value is 0.0400. The lowest BCUT2D eigenvalue weighted by atomic mass is 9.78. The summed E-state index contributed by atoms with van der Waals surface area (Å²) in [5.41, 5.74) is 1.17. The maximum atomic E-state index is 4.29. The van der Waals surface area contributed by atoms with E-state index in [1.165, 1.54) is 36.7 Å². The van der Waals surface area contributed by atoms with E-state index in [9.17, 15) is 0 Å². The SMILES string of the molecule is CC1CCC(Br)CC1Cc1cnsn1. The third-order valence-electron chi connectivity index (χ3n) is 3.18. The molecule has 2 nitrogen and oxygen atoms in total. The number of halogens is 1. The van der Waals surface area contributed by atoms with E-state index in [0.717, 1.165) is 23.1 Å². The molecule has 0 N–H and O–H groups in total. The maximum absolute atomic E-state index is 4.29. The van der Waals surface area contributed by atoms with Gasteiger partial charge in [-0.3, -0.25) is 0 Å². The normalized spacial score (nSPS) is 33.1. The lowest BCUT2D eigenvalue weighted by Gasteiger charge is -2.31. The fourth-order valence-electron chi connectivity index (χ4n) is 2.19. The summed E-state index contributed by atoms with van der Waals surface area (Å²) in [6, 6.07) is 0. The van der Waals surface area contributed by atoms with Crippen LogP contribution in [0.1, 0.15) is 31.9 Å². The smallest absolute Gasteiger partial charge is 0.0745 e. The monoisotopic (exact) mass is 274 g/mol. The van der Waals surface area contributed by atoms with Gasteiger partial charge in [-0.25, -0.2) is 0 Å². The van der Waals surface area contributed by atoms with Crippen LogP contribution in [0.15, 0.2) is 6.20 Å². The zero-order chi connectivity index (χ0) is 9.97. The largest absolute Gasteiger partial charge is 0.181 e. The zero-order valence-corrected chi connectivity index (χ0v) is 10.7. The summed E-state index contributed by atoms with van der Waals surface area (Å²) in [6.07, 6.45) is 6.98. The highest BCUT2D eigenvalue weighted by Crippen LogP contribution is 2.35. The van der Waals surface area contributed by atoms with Gasteiger partial charge in [0, 0.05) is 4.83 Å². The molecule has 0 aliphatic heterocycles. The van der Waals surface area contributed by atoms with E-state index in [1.54, 1.807) is 0 Å². The third-order valence-corrected chi connectivity index (χ3v) is 4.52. The van der Waals surface area contributed by atoms with Gasteiger partial charge in [0.25, 0.3) is 0 Å². The average Bonchev–Trinajstić information content (AvgIpc) is 2.64. The predicted molar refractivity (Wildman–Crippen MR) is 62.8 cm³/mol. The molecule has 2 rings (SSSR count). The summed E-state index contributed by atoms with van der Waals surface area (Å²) in [7, 11) is 0. The van der Waals surface area contributed by atoms with Crippen LogP contribution in [0.5, 0.6) is 0 Å². The molecule has 0 amide bonds. The Kier molecular flexibility index (Phi) is 3.55. The maximum Gasteiger partial charge on any atom is 0.0745 e. The van der Waals surface area contributed by atoms with Crippen molar-refractivity contribution >= 4 is 27.7 Å². The van der Waals surface area contributed by atoms with Crippen molar-refractivity contribution in [2.24, 2.45) is 11.8 Å². The quantitative estimate of drug-likeness (QED) is 0.774. The van der Waals surface area contributed by atoms with Gasteiger partial charge in [-0.1, -0.05) is 22.9 Å². The zero-order valence-electron chi connectivity index (χ0n) is 8.32. The Balaban J connectivity index is 1.95. The Labute approximate surface area is 97.6 Å². The van der Waals surface area contributed by atoms with Crippen molar-refractivity contribution in [1.29, 1.82) is 0 Å². The third kappa shape index (κ3) is 2.54. The minimum Gasteiger partial charge on any atom is -0.181 e. The molecule has 78 valence electrons. The van der Waals surface area contributed by atoms with Crippen LogP contribution in [0.2, 0.25) is 0 Å². The van der Waals surface area contributed by atoms with Gasteiger partial charge in [-0.2, -0.15) is 8.75 Å². The Morgan fingerprint density at radius 3 is 3.14 bits per heavy atom. The summed E-state index contributed by atoms with van der Waals surface area (Å²) in [5.74, 6) is 1.63. The number of hydrogen-bond donors (Lipinski definition) is 0. The van der Waals surface area contributed by atoms with Crippen LogP contribution >= 0.6 is 27.7 Å². The Morgan fingerprint density at radius 1 is 1.57 bits per heavy atom. The van der Waals surface area contributed by atoms with Crippen LogP contribution in [0.25, 0.3) is 0 Å². The number of nitrogens with zero attached hydrogens (tertiary/aromatic N) is 2. The van der Waals surface area contributed by atoms with E-state index in [0.29, 0.717) is 0 Å². The lowest BCUT2D eigenvalue weighted by molar-refractivity contribution is 0.261. The summed E-state index contributed by atoms with van der Waals surface area (Å²) < 4.78 is 8.34. The second-order valence-electron chi connectivity index (χ2n) is 4.25. The van der Waals surface area contributed by atoms with Crippen LogP contribution in [0.4, 0.5) is 0 Å². The van der Waals surface area contributed by atoms with Crippen molar-refractivity contribution in [3.05, 3.63) is 11.9 Å². The standard InChI is InChI=1S/C10H15BrN2S/c1-7-2-3-9(11)4-8(7)5-10-6-12-14-13-10/h6-9H,2-5H2,1H3. The summed E-state index contributed by atoms with van der Waals surface area (Å²) >= 11 is 5.05. The first-order valence-corrected chi connectivity index (χ1v) is 6.81. The molecule has 3 unspecified atom stereocenters. The van der Waals surface area contributed by atoms with E-state index in [4.69, 9.17) is 0 Å². The Morgan fingerprint density at radius 2 is 2.43 bits per heavy atom. The fraction of sp³-hybridized carbons (Fsp3) is 0.800. The molecule has 1 aromatic heterocycles. The molecule has 0 aromatic carbocycles. The lowest BCUT2D eigenvalue weighted by Crippen LogP contribution is -2.24. The first kappa shape index (κ1) is 10.6. The molecular weight excluding hydrogens is 260 g/mol. The van der Waals surface area contributed by atoms with Crippen molar-refractivity contribution in [2.75, 3.05) is 0 Å². The van der Waals surface area contributed by atoms with Crippen LogP contribution in [0.3, 0.4) is 0 Å². The van der Waals surface area contributed by atoms with E-state index >= 15 is 0 Å². The highest BCUT2D eigenvalue weighted by atomic mass is 79.9. The fourth-order valence-corrected chi connectivity index (χ4v) is 3.37. The summed E-state index contributed by atoms with van der Waals surface area (Å²) in [5, 5.41) is 0. The van der Waals surface area contributed by atoms with Gasteiger partial charge in [-0.15, -0.1) is 0 Å². The second-order valence-corrected chi connectivity index (χ2v) is 6.10. The van der Waals surface area contributed by atoms with Gasteiger partial charge >= 0.3 is 0 Å². The second kappa shape index (κ2) is 4.71. The molecule has 1 saturated carbocycles. The van der Waals surface area contributed by atoms with Crippen LogP contribution in [0, 0.1) is 11.8 Å². The number of rotatable bonds is 2. The van der Waals surface area contributed by atoms with Crippen molar-refractivity contribution in [3.63, 3.8) is 0 Å². The first-order valence-electron chi connectivity index (χ1n) is 5.16. The van der Waals surface area contributed by atoms with E-state index in [1.807, 2.05) is 6.20 Å². The molecule has 3 atom stereocenters. The molecular formula is C10H15BrN2S. The van der Waals surface area contributed by atoms with E-state index in [2.05, 4.69) is 31.6 Å². The predicted octanol–water partition coefficient (Wildman–Crippen LogP) is 3.28. The number of alkyl halides is 1. The van der Waals surface area contributed by atoms with Gasteiger partial charge in [0.05, 0.1) is 23.6 Å². The topological polar surface area (TPSA) is 25.8 Å². The molecule has 1 aliphatic carbocycles. The minimum atomic E-state index is 0.718. The molecule has 1 heterocycles. The Bertz CT molecular complexity index is 276. The number of aromatic nitrogens is 2. The van der Waals surface area contributed by atoms with E-state index < -0.39 is 0 Å². The summed E-state index contributed by atoms with van der Waals surface area (Å²) in [6.45, 7) is 2.36. The first-order chi connectivity index (χ1) is 6.75. The molecule has 4 heteroatoms. The van der Waals surface area contributed by atoms with Gasteiger partial charge in [-0.05, 0) is 37.5 Å².